The third-order valence-corrected chi connectivity index (χ3v) is 3.72. The van der Waals surface area contributed by atoms with Gasteiger partial charge in [-0.3, -0.25) is 4.98 Å². The van der Waals surface area contributed by atoms with Gasteiger partial charge >= 0.3 is 0 Å². The van der Waals surface area contributed by atoms with Crippen molar-refractivity contribution in [2.75, 3.05) is 12.4 Å². The van der Waals surface area contributed by atoms with E-state index in [4.69, 9.17) is 4.74 Å². The van der Waals surface area contributed by atoms with E-state index >= 15 is 0 Å². The second-order valence-corrected chi connectivity index (χ2v) is 5.32. The minimum absolute atomic E-state index is 0.0273. The quantitative estimate of drug-likeness (QED) is 0.882. The van der Waals surface area contributed by atoms with E-state index in [9.17, 15) is 4.39 Å². The van der Waals surface area contributed by atoms with Gasteiger partial charge in [-0.05, 0) is 31.2 Å². The highest BCUT2D eigenvalue weighted by Crippen LogP contribution is 2.28. The van der Waals surface area contributed by atoms with E-state index in [2.05, 4.69) is 26.2 Å². The number of ether oxygens (including phenoxy) is 1. The summed E-state index contributed by atoms with van der Waals surface area (Å²) in [4.78, 5) is 4.09. The normalized spacial score (nSPS) is 12.2. The average Bonchev–Trinajstić information content (AvgIpc) is 2.43. The second-order valence-electron chi connectivity index (χ2n) is 4.47. The Balaban J connectivity index is 2.21. The Labute approximate surface area is 126 Å². The number of hydrogen-bond acceptors (Lipinski definition) is 3. The number of hydrogen-bond donors (Lipinski definition) is 1. The molecule has 0 saturated heterocycles. The molecular weight excluding hydrogens is 323 g/mol. The second kappa shape index (κ2) is 6.81. The molecule has 0 aliphatic rings. The molecule has 106 valence electrons. The SMILES string of the molecule is COCc1c(Br)cccc1NC(C)c1ccc(F)cn1. The van der Waals surface area contributed by atoms with E-state index in [0.29, 0.717) is 6.61 Å². The fourth-order valence-corrected chi connectivity index (χ4v) is 2.42. The lowest BCUT2D eigenvalue weighted by Gasteiger charge is -2.18. The van der Waals surface area contributed by atoms with Crippen molar-refractivity contribution in [1.29, 1.82) is 0 Å². The van der Waals surface area contributed by atoms with Crippen LogP contribution in [-0.2, 0) is 11.3 Å². The molecule has 2 rings (SSSR count). The van der Waals surface area contributed by atoms with E-state index < -0.39 is 0 Å². The smallest absolute Gasteiger partial charge is 0.141 e. The molecule has 1 aromatic carbocycles. The highest BCUT2D eigenvalue weighted by molar-refractivity contribution is 9.10. The Kier molecular flexibility index (Phi) is 5.09. The molecule has 1 aromatic heterocycles. The van der Waals surface area contributed by atoms with Gasteiger partial charge in [-0.25, -0.2) is 4.39 Å². The van der Waals surface area contributed by atoms with Gasteiger partial charge in [0.2, 0.25) is 0 Å². The maximum atomic E-state index is 12.9. The van der Waals surface area contributed by atoms with Crippen molar-refractivity contribution >= 4 is 21.6 Å². The molecular formula is C15H16BrFN2O. The highest BCUT2D eigenvalue weighted by Gasteiger charge is 2.11. The van der Waals surface area contributed by atoms with Crippen molar-refractivity contribution in [2.45, 2.75) is 19.6 Å². The predicted molar refractivity (Wildman–Crippen MR) is 81.1 cm³/mol. The zero-order valence-corrected chi connectivity index (χ0v) is 12.9. The van der Waals surface area contributed by atoms with E-state index in [1.807, 2.05) is 25.1 Å². The first-order valence-electron chi connectivity index (χ1n) is 6.26. The van der Waals surface area contributed by atoms with Crippen LogP contribution in [-0.4, -0.2) is 12.1 Å². The summed E-state index contributed by atoms with van der Waals surface area (Å²) in [6.07, 6.45) is 1.23. The Morgan fingerprint density at radius 3 is 2.80 bits per heavy atom. The summed E-state index contributed by atoms with van der Waals surface area (Å²) in [6.45, 7) is 2.49. The number of benzene rings is 1. The molecule has 3 nitrogen and oxygen atoms in total. The van der Waals surface area contributed by atoms with Crippen LogP contribution < -0.4 is 5.32 Å². The largest absolute Gasteiger partial charge is 0.380 e. The summed E-state index contributed by atoms with van der Waals surface area (Å²) in [5.41, 5.74) is 2.80. The van der Waals surface area contributed by atoms with Crippen LogP contribution in [0.4, 0.5) is 10.1 Å². The zero-order valence-electron chi connectivity index (χ0n) is 11.4. The summed E-state index contributed by atoms with van der Waals surface area (Å²) >= 11 is 3.52. The fraction of sp³-hybridized carbons (Fsp3) is 0.267. The van der Waals surface area contributed by atoms with E-state index in [1.165, 1.54) is 12.3 Å². The van der Waals surface area contributed by atoms with Crippen molar-refractivity contribution in [3.05, 3.63) is 58.1 Å². The first kappa shape index (κ1) is 14.9. The number of anilines is 1. The summed E-state index contributed by atoms with van der Waals surface area (Å²) in [7, 11) is 1.66. The molecule has 1 unspecified atom stereocenters. The molecule has 1 N–H and O–H groups in total. The third kappa shape index (κ3) is 3.55. The topological polar surface area (TPSA) is 34.1 Å². The molecule has 0 radical (unpaired) electrons. The van der Waals surface area contributed by atoms with Gasteiger partial charge in [-0.15, -0.1) is 0 Å². The van der Waals surface area contributed by atoms with Crippen LogP contribution in [0.15, 0.2) is 41.0 Å². The molecule has 20 heavy (non-hydrogen) atoms. The number of halogens is 2. The van der Waals surface area contributed by atoms with Crippen LogP contribution in [0.5, 0.6) is 0 Å². The van der Waals surface area contributed by atoms with E-state index in [1.54, 1.807) is 13.2 Å². The summed E-state index contributed by atoms with van der Waals surface area (Å²) in [5, 5.41) is 3.38. The molecule has 0 bridgehead atoms. The molecule has 0 spiro atoms. The van der Waals surface area contributed by atoms with Crippen LogP contribution >= 0.6 is 15.9 Å². The number of pyridine rings is 1. The molecule has 5 heteroatoms. The molecule has 0 saturated carbocycles. The zero-order chi connectivity index (χ0) is 14.5. The summed E-state index contributed by atoms with van der Waals surface area (Å²) in [6, 6.07) is 8.98. The van der Waals surface area contributed by atoms with Gasteiger partial charge in [0.15, 0.2) is 0 Å². The molecule has 2 aromatic rings. The van der Waals surface area contributed by atoms with Gasteiger partial charge < -0.3 is 10.1 Å². The number of methoxy groups -OCH3 is 1. The average molecular weight is 339 g/mol. The lowest BCUT2D eigenvalue weighted by Crippen LogP contribution is -2.10. The Hall–Kier alpha value is -1.46. The lowest BCUT2D eigenvalue weighted by atomic mass is 10.1. The van der Waals surface area contributed by atoms with E-state index in [0.717, 1.165) is 21.4 Å². The number of nitrogens with one attached hydrogen (secondary N) is 1. The van der Waals surface area contributed by atoms with Crippen molar-refractivity contribution in [3.63, 3.8) is 0 Å². The van der Waals surface area contributed by atoms with Gasteiger partial charge in [0.1, 0.15) is 5.82 Å². The van der Waals surface area contributed by atoms with Crippen molar-refractivity contribution < 1.29 is 9.13 Å². The number of aromatic nitrogens is 1. The predicted octanol–water partition coefficient (Wildman–Crippen LogP) is 4.30. The minimum Gasteiger partial charge on any atom is -0.380 e. The van der Waals surface area contributed by atoms with Crippen LogP contribution in [0.25, 0.3) is 0 Å². The molecule has 0 aliphatic carbocycles. The van der Waals surface area contributed by atoms with Gasteiger partial charge in [0, 0.05) is 22.8 Å². The first-order chi connectivity index (χ1) is 9.61. The van der Waals surface area contributed by atoms with Crippen molar-refractivity contribution in [3.8, 4) is 0 Å². The maximum absolute atomic E-state index is 12.9. The standard InChI is InChI=1S/C15H16BrFN2O/c1-10(14-7-6-11(17)8-18-14)19-15-5-3-4-13(16)12(15)9-20-2/h3-8,10,19H,9H2,1-2H3. The van der Waals surface area contributed by atoms with E-state index in [-0.39, 0.29) is 11.9 Å². The van der Waals surface area contributed by atoms with Gasteiger partial charge in [-0.2, -0.15) is 0 Å². The Morgan fingerprint density at radius 2 is 2.15 bits per heavy atom. The molecule has 0 fully saturated rings. The van der Waals surface area contributed by atoms with Gasteiger partial charge in [0.25, 0.3) is 0 Å². The number of rotatable bonds is 5. The Bertz CT molecular complexity index is 575. The molecule has 1 heterocycles. The molecule has 1 atom stereocenters. The maximum Gasteiger partial charge on any atom is 0.141 e. The lowest BCUT2D eigenvalue weighted by molar-refractivity contribution is 0.185. The number of nitrogens with zero attached hydrogens (tertiary/aromatic N) is 1. The summed E-state index contributed by atoms with van der Waals surface area (Å²) in [5.74, 6) is -0.330. The van der Waals surface area contributed by atoms with Gasteiger partial charge in [-0.1, -0.05) is 22.0 Å². The first-order valence-corrected chi connectivity index (χ1v) is 7.05. The Morgan fingerprint density at radius 1 is 1.35 bits per heavy atom. The monoisotopic (exact) mass is 338 g/mol. The fourth-order valence-electron chi connectivity index (χ4n) is 1.94. The third-order valence-electron chi connectivity index (χ3n) is 2.97. The van der Waals surface area contributed by atoms with Crippen LogP contribution in [0.1, 0.15) is 24.2 Å². The highest BCUT2D eigenvalue weighted by atomic mass is 79.9. The summed E-state index contributed by atoms with van der Waals surface area (Å²) < 4.78 is 19.1. The van der Waals surface area contributed by atoms with Gasteiger partial charge in [0.05, 0.1) is 24.5 Å². The molecule has 0 aliphatic heterocycles. The van der Waals surface area contributed by atoms with Crippen LogP contribution in [0.2, 0.25) is 0 Å². The van der Waals surface area contributed by atoms with Crippen LogP contribution in [0.3, 0.4) is 0 Å². The van der Waals surface area contributed by atoms with Crippen LogP contribution in [0, 0.1) is 5.82 Å². The van der Waals surface area contributed by atoms with Crippen molar-refractivity contribution in [2.24, 2.45) is 0 Å². The minimum atomic E-state index is -0.330. The van der Waals surface area contributed by atoms with Crippen molar-refractivity contribution in [1.82, 2.24) is 4.98 Å². The molecule has 0 amide bonds.